The van der Waals surface area contributed by atoms with E-state index in [0.717, 1.165) is 25.5 Å². The van der Waals surface area contributed by atoms with E-state index in [-0.39, 0.29) is 36.5 Å². The van der Waals surface area contributed by atoms with Gasteiger partial charge in [0.1, 0.15) is 6.61 Å². The van der Waals surface area contributed by atoms with Crippen LogP contribution in [0, 0.1) is 28.9 Å². The Hall–Kier alpha value is -4.26. The zero-order valence-corrected chi connectivity index (χ0v) is 20.6. The number of pyridine rings is 1. The van der Waals surface area contributed by atoms with E-state index in [1.54, 1.807) is 0 Å². The highest BCUT2D eigenvalue weighted by atomic mass is 19.2. The highest BCUT2D eigenvalue weighted by Gasteiger charge is 2.44. The van der Waals surface area contributed by atoms with Crippen LogP contribution in [0.15, 0.2) is 48.5 Å². The number of nitrogens with zero attached hydrogens (tertiary/aromatic N) is 2. The monoisotopic (exact) mass is 526 g/mol. The van der Waals surface area contributed by atoms with E-state index in [2.05, 4.69) is 4.98 Å². The lowest BCUT2D eigenvalue weighted by Crippen LogP contribution is -2.45. The zero-order chi connectivity index (χ0) is 27.1. The lowest BCUT2D eigenvalue weighted by atomic mass is 9.94. The quantitative estimate of drug-likeness (QED) is 0.191. The van der Waals surface area contributed by atoms with E-state index < -0.39 is 40.8 Å². The van der Waals surface area contributed by atoms with Gasteiger partial charge in [0.15, 0.2) is 11.5 Å². The van der Waals surface area contributed by atoms with E-state index in [9.17, 15) is 18.8 Å². The number of hydrogen-bond acceptors (Lipinski definition) is 7. The van der Waals surface area contributed by atoms with Crippen molar-refractivity contribution in [3.8, 4) is 29.2 Å². The smallest absolute Gasteiger partial charge is 0.350 e. The van der Waals surface area contributed by atoms with Gasteiger partial charge >= 0.3 is 5.97 Å². The minimum absolute atomic E-state index is 0.107. The molecule has 7 nitrogen and oxygen atoms in total. The number of carbonyl (C=O) groups is 1. The Morgan fingerprint density at radius 2 is 1.71 bits per heavy atom. The number of carbonyl (C=O) groups excluding carboxylic acids is 1. The van der Waals surface area contributed by atoms with Gasteiger partial charge in [0, 0.05) is 6.07 Å². The van der Waals surface area contributed by atoms with E-state index >= 15 is 4.39 Å². The van der Waals surface area contributed by atoms with Crippen molar-refractivity contribution in [1.29, 1.82) is 5.26 Å². The lowest BCUT2D eigenvalue weighted by Gasteiger charge is -2.31. The van der Waals surface area contributed by atoms with Crippen LogP contribution >= 0.6 is 0 Å². The molecular weight excluding hydrogens is 501 g/mol. The van der Waals surface area contributed by atoms with Gasteiger partial charge in [-0.15, -0.1) is 0 Å². The fraction of sp³-hybridized carbons (Fsp3) is 0.321. The average molecular weight is 527 g/mol. The number of rotatable bonds is 8. The lowest BCUT2D eigenvalue weighted by molar-refractivity contribution is -0.160. The molecule has 0 amide bonds. The molecule has 0 saturated heterocycles. The summed E-state index contributed by atoms with van der Waals surface area (Å²) in [6.45, 7) is 0.118. The van der Waals surface area contributed by atoms with Crippen LogP contribution in [0.2, 0.25) is 0 Å². The first-order valence-corrected chi connectivity index (χ1v) is 12.1. The second-order valence-corrected chi connectivity index (χ2v) is 8.82. The van der Waals surface area contributed by atoms with Crippen molar-refractivity contribution in [1.82, 2.24) is 4.98 Å². The number of aromatic nitrogens is 1. The third kappa shape index (κ3) is 5.83. The van der Waals surface area contributed by atoms with Gasteiger partial charge in [0.2, 0.25) is 23.0 Å². The molecule has 2 aromatic carbocycles. The summed E-state index contributed by atoms with van der Waals surface area (Å²) >= 11 is 0. The molecule has 3 aromatic rings. The van der Waals surface area contributed by atoms with Crippen LogP contribution in [-0.4, -0.2) is 23.7 Å². The fourth-order valence-corrected chi connectivity index (χ4v) is 4.28. The van der Waals surface area contributed by atoms with Crippen LogP contribution in [0.25, 0.3) is 0 Å². The second kappa shape index (κ2) is 11.9. The zero-order valence-electron chi connectivity index (χ0n) is 20.6. The molecule has 0 radical (unpaired) electrons. The van der Waals surface area contributed by atoms with Crippen LogP contribution in [0.1, 0.15) is 49.7 Å². The standard InChI is InChI=1S/C28H25F3N2O5/c1-35-27(34)28(13-7-2-3-8-14-28)38-24-22(29)25(31)33-26(23(24)30)37-21-15-19(16-32)11-12-20(21)36-17-18-9-5-4-6-10-18/h4-6,9-12,15H,2-3,7-8,13-14,17H2,1H3. The SMILES string of the molecule is COC(=O)C1(Oc2c(F)c(F)nc(Oc3cc(C#N)ccc3OCc3ccccc3)c2F)CCCCCC1. The molecular formula is C28H25F3N2O5. The Balaban J connectivity index is 1.69. The molecule has 38 heavy (non-hydrogen) atoms. The Kier molecular flexibility index (Phi) is 8.36. The first-order chi connectivity index (χ1) is 18.4. The largest absolute Gasteiger partial charge is 0.485 e. The van der Waals surface area contributed by atoms with Crippen molar-refractivity contribution in [3.05, 3.63) is 77.2 Å². The van der Waals surface area contributed by atoms with E-state index in [1.807, 2.05) is 36.4 Å². The topological polar surface area (TPSA) is 90.7 Å². The van der Waals surface area contributed by atoms with Crippen molar-refractivity contribution >= 4 is 5.97 Å². The number of nitriles is 1. The Morgan fingerprint density at radius 1 is 1.00 bits per heavy atom. The highest BCUT2D eigenvalue weighted by molar-refractivity contribution is 5.80. The molecule has 1 fully saturated rings. The molecule has 1 aliphatic carbocycles. The van der Waals surface area contributed by atoms with Gasteiger partial charge in [-0.1, -0.05) is 43.2 Å². The molecule has 1 saturated carbocycles. The summed E-state index contributed by atoms with van der Waals surface area (Å²) in [5, 5.41) is 9.31. The first kappa shape index (κ1) is 26.8. The molecule has 0 unspecified atom stereocenters. The summed E-state index contributed by atoms with van der Waals surface area (Å²) in [4.78, 5) is 15.9. The second-order valence-electron chi connectivity index (χ2n) is 8.82. The third-order valence-electron chi connectivity index (χ3n) is 6.25. The van der Waals surface area contributed by atoms with Gasteiger partial charge in [-0.25, -0.2) is 4.79 Å². The van der Waals surface area contributed by atoms with Gasteiger partial charge < -0.3 is 18.9 Å². The summed E-state index contributed by atoms with van der Waals surface area (Å²) in [5.74, 6) is -7.78. The molecule has 198 valence electrons. The van der Waals surface area contributed by atoms with Crippen LogP contribution in [0.3, 0.4) is 0 Å². The Morgan fingerprint density at radius 3 is 2.37 bits per heavy atom. The number of esters is 1. The van der Waals surface area contributed by atoms with E-state index in [0.29, 0.717) is 12.8 Å². The molecule has 1 aromatic heterocycles. The van der Waals surface area contributed by atoms with E-state index in [1.165, 1.54) is 18.2 Å². The van der Waals surface area contributed by atoms with Crippen molar-refractivity contribution in [2.45, 2.75) is 50.7 Å². The van der Waals surface area contributed by atoms with Gasteiger partial charge in [-0.3, -0.25) is 0 Å². The number of halogens is 3. The first-order valence-electron chi connectivity index (χ1n) is 12.1. The van der Waals surface area contributed by atoms with Crippen LogP contribution < -0.4 is 14.2 Å². The van der Waals surface area contributed by atoms with Gasteiger partial charge in [0.25, 0.3) is 11.8 Å². The van der Waals surface area contributed by atoms with Gasteiger partial charge in [0.05, 0.1) is 18.7 Å². The van der Waals surface area contributed by atoms with Crippen LogP contribution in [0.4, 0.5) is 13.2 Å². The maximum atomic E-state index is 15.6. The van der Waals surface area contributed by atoms with Gasteiger partial charge in [-0.2, -0.15) is 23.4 Å². The third-order valence-corrected chi connectivity index (χ3v) is 6.25. The molecule has 0 bridgehead atoms. The minimum atomic E-state index is -1.70. The summed E-state index contributed by atoms with van der Waals surface area (Å²) in [7, 11) is 1.14. The molecule has 1 aliphatic rings. The van der Waals surface area contributed by atoms with Crippen molar-refractivity contribution < 1.29 is 36.9 Å². The maximum Gasteiger partial charge on any atom is 0.350 e. The summed E-state index contributed by atoms with van der Waals surface area (Å²) in [6, 6.07) is 15.2. The van der Waals surface area contributed by atoms with Crippen molar-refractivity contribution in [3.63, 3.8) is 0 Å². The number of methoxy groups -OCH3 is 1. The summed E-state index contributed by atoms with van der Waals surface area (Å²) in [5.41, 5.74) is -0.718. The molecule has 10 heteroatoms. The highest BCUT2D eigenvalue weighted by Crippen LogP contribution is 2.40. The molecule has 0 atom stereocenters. The Labute approximate surface area is 217 Å². The predicted octanol–water partition coefficient (Wildman–Crippen LogP) is 6.39. The normalized spacial score (nSPS) is 14.6. The molecule has 0 aliphatic heterocycles. The summed E-state index contributed by atoms with van der Waals surface area (Å²) in [6.07, 6.45) is 2.98. The molecule has 0 spiro atoms. The van der Waals surface area contributed by atoms with E-state index in [4.69, 9.17) is 18.9 Å². The average Bonchev–Trinajstić information content (AvgIpc) is 3.19. The molecule has 0 N–H and O–H groups in total. The number of hydrogen-bond donors (Lipinski definition) is 0. The fourth-order valence-electron chi connectivity index (χ4n) is 4.28. The van der Waals surface area contributed by atoms with Crippen molar-refractivity contribution in [2.75, 3.05) is 7.11 Å². The number of benzene rings is 2. The minimum Gasteiger partial charge on any atom is -0.485 e. The maximum absolute atomic E-state index is 15.6. The summed E-state index contributed by atoms with van der Waals surface area (Å²) < 4.78 is 66.7. The predicted molar refractivity (Wildman–Crippen MR) is 129 cm³/mol. The van der Waals surface area contributed by atoms with Gasteiger partial charge in [-0.05, 0) is 43.4 Å². The molecule has 1 heterocycles. The Bertz CT molecular complexity index is 1340. The number of ether oxygens (including phenoxy) is 4. The van der Waals surface area contributed by atoms with Crippen molar-refractivity contribution in [2.24, 2.45) is 0 Å². The van der Waals surface area contributed by atoms with Crippen LogP contribution in [0.5, 0.6) is 23.1 Å². The van der Waals surface area contributed by atoms with Crippen LogP contribution in [-0.2, 0) is 16.1 Å². The molecule has 4 rings (SSSR count).